The lowest BCUT2D eigenvalue weighted by atomic mass is 10.1. The van der Waals surface area contributed by atoms with Crippen LogP contribution < -0.4 is 5.32 Å². The number of carbonyl (C=O) groups is 2. The largest absolute Gasteiger partial charge is 0.467 e. The van der Waals surface area contributed by atoms with Crippen LogP contribution in [0.15, 0.2) is 0 Å². The fourth-order valence-corrected chi connectivity index (χ4v) is 1.15. The van der Waals surface area contributed by atoms with Crippen LogP contribution in [-0.4, -0.2) is 36.7 Å². The summed E-state index contributed by atoms with van der Waals surface area (Å²) < 4.78 is 4.31. The van der Waals surface area contributed by atoms with Gasteiger partial charge in [0.15, 0.2) is 6.10 Å². The first-order chi connectivity index (χ1) is 7.02. The number of hydrogen-bond acceptors (Lipinski definition) is 4. The van der Waals surface area contributed by atoms with Crippen molar-refractivity contribution in [2.75, 3.05) is 13.7 Å². The Morgan fingerprint density at radius 2 is 2.07 bits per heavy atom. The molecule has 0 heterocycles. The second-order valence-corrected chi connectivity index (χ2v) is 3.47. The average Bonchev–Trinajstić information content (AvgIpc) is 2.24. The molecule has 0 rings (SSSR count). The number of amides is 1. The number of carbonyl (C=O) groups excluding carboxylic acids is 2. The summed E-state index contributed by atoms with van der Waals surface area (Å²) >= 11 is 0. The first kappa shape index (κ1) is 13.9. The monoisotopic (exact) mass is 217 g/mol. The van der Waals surface area contributed by atoms with Gasteiger partial charge in [0.25, 0.3) is 0 Å². The minimum atomic E-state index is -1.28. The molecule has 0 aliphatic rings. The summed E-state index contributed by atoms with van der Waals surface area (Å²) in [6.07, 6.45) is 0.432. The van der Waals surface area contributed by atoms with Gasteiger partial charge in [-0.1, -0.05) is 20.3 Å². The van der Waals surface area contributed by atoms with Gasteiger partial charge < -0.3 is 15.2 Å². The third kappa shape index (κ3) is 5.37. The van der Waals surface area contributed by atoms with Crippen molar-refractivity contribution in [2.45, 2.75) is 32.8 Å². The van der Waals surface area contributed by atoms with Gasteiger partial charge in [-0.05, 0) is 6.42 Å². The lowest BCUT2D eigenvalue weighted by molar-refractivity contribution is -0.150. The molecule has 2 atom stereocenters. The second-order valence-electron chi connectivity index (χ2n) is 3.47. The Hall–Kier alpha value is -1.10. The second kappa shape index (κ2) is 7.23. The molecule has 88 valence electrons. The van der Waals surface area contributed by atoms with Crippen LogP contribution in [0.25, 0.3) is 0 Å². The molecule has 0 spiro atoms. The Morgan fingerprint density at radius 3 is 2.53 bits per heavy atom. The first-order valence-corrected chi connectivity index (χ1v) is 5.06. The molecule has 5 nitrogen and oxygen atoms in total. The van der Waals surface area contributed by atoms with E-state index in [9.17, 15) is 14.7 Å². The molecule has 0 saturated carbocycles. The number of hydrogen-bond donors (Lipinski definition) is 2. The van der Waals surface area contributed by atoms with E-state index >= 15 is 0 Å². The van der Waals surface area contributed by atoms with Crippen molar-refractivity contribution in [3.63, 3.8) is 0 Å². The number of nitrogens with one attached hydrogen (secondary N) is 1. The zero-order chi connectivity index (χ0) is 11.8. The van der Waals surface area contributed by atoms with Crippen molar-refractivity contribution in [1.82, 2.24) is 5.32 Å². The normalized spacial score (nSPS) is 14.1. The molecule has 2 N–H and O–H groups in total. The number of aliphatic hydroxyl groups is 1. The van der Waals surface area contributed by atoms with Crippen molar-refractivity contribution < 1.29 is 19.4 Å². The van der Waals surface area contributed by atoms with Crippen LogP contribution in [0.5, 0.6) is 0 Å². The summed E-state index contributed by atoms with van der Waals surface area (Å²) in [5.74, 6) is -0.988. The van der Waals surface area contributed by atoms with E-state index in [1.165, 1.54) is 7.11 Å². The minimum Gasteiger partial charge on any atom is -0.467 e. The van der Waals surface area contributed by atoms with Crippen molar-refractivity contribution in [3.8, 4) is 0 Å². The van der Waals surface area contributed by atoms with Crippen LogP contribution >= 0.6 is 0 Å². The molecule has 2 unspecified atom stereocenters. The summed E-state index contributed by atoms with van der Waals surface area (Å²) in [6.45, 7) is 3.70. The van der Waals surface area contributed by atoms with Gasteiger partial charge in [-0.2, -0.15) is 0 Å². The van der Waals surface area contributed by atoms with Crippen LogP contribution in [-0.2, 0) is 14.3 Å². The van der Waals surface area contributed by atoms with Gasteiger partial charge in [0, 0.05) is 5.92 Å². The highest BCUT2D eigenvalue weighted by Crippen LogP contribution is 2.04. The Bertz CT molecular complexity index is 217. The van der Waals surface area contributed by atoms with E-state index in [2.05, 4.69) is 10.1 Å². The van der Waals surface area contributed by atoms with E-state index in [1.807, 2.05) is 13.8 Å². The summed E-state index contributed by atoms with van der Waals surface area (Å²) in [7, 11) is 1.19. The fraction of sp³-hybridized carbons (Fsp3) is 0.800. The van der Waals surface area contributed by atoms with Gasteiger partial charge in [0.05, 0.1) is 13.7 Å². The van der Waals surface area contributed by atoms with Gasteiger partial charge in [-0.3, -0.25) is 4.79 Å². The van der Waals surface area contributed by atoms with E-state index < -0.39 is 12.1 Å². The third-order valence-electron chi connectivity index (χ3n) is 2.11. The highest BCUT2D eigenvalue weighted by molar-refractivity contribution is 5.80. The molecule has 0 aromatic heterocycles. The maximum atomic E-state index is 11.4. The van der Waals surface area contributed by atoms with Crippen LogP contribution in [0.2, 0.25) is 0 Å². The molecule has 0 saturated heterocycles. The van der Waals surface area contributed by atoms with Crippen LogP contribution in [0.4, 0.5) is 0 Å². The molecule has 0 aliphatic heterocycles. The van der Waals surface area contributed by atoms with Crippen molar-refractivity contribution in [1.29, 1.82) is 0 Å². The van der Waals surface area contributed by atoms with Gasteiger partial charge in [0.1, 0.15) is 0 Å². The maximum absolute atomic E-state index is 11.4. The van der Waals surface area contributed by atoms with Gasteiger partial charge in [0.2, 0.25) is 5.91 Å². The molecule has 1 amide bonds. The van der Waals surface area contributed by atoms with Crippen LogP contribution in [0.1, 0.15) is 26.7 Å². The Kier molecular flexibility index (Phi) is 6.70. The number of ether oxygens (including phenoxy) is 1. The summed E-state index contributed by atoms with van der Waals surface area (Å²) in [6, 6.07) is 0. The van der Waals surface area contributed by atoms with E-state index in [1.54, 1.807) is 0 Å². The highest BCUT2D eigenvalue weighted by atomic mass is 16.5. The van der Waals surface area contributed by atoms with Crippen molar-refractivity contribution >= 4 is 11.9 Å². The molecule has 0 fully saturated rings. The molecule has 0 aromatic carbocycles. The lowest BCUT2D eigenvalue weighted by Crippen LogP contribution is -2.39. The van der Waals surface area contributed by atoms with Gasteiger partial charge >= 0.3 is 5.97 Å². The molecule has 0 radical (unpaired) electrons. The lowest BCUT2D eigenvalue weighted by Gasteiger charge is -2.13. The van der Waals surface area contributed by atoms with Crippen molar-refractivity contribution in [2.24, 2.45) is 5.92 Å². The van der Waals surface area contributed by atoms with Gasteiger partial charge in [-0.25, -0.2) is 4.79 Å². The molecule has 5 heteroatoms. The Labute approximate surface area is 89.8 Å². The van der Waals surface area contributed by atoms with Gasteiger partial charge in [-0.15, -0.1) is 0 Å². The maximum Gasteiger partial charge on any atom is 0.336 e. The van der Waals surface area contributed by atoms with Crippen LogP contribution in [0, 0.1) is 5.92 Å². The fourth-order valence-electron chi connectivity index (χ4n) is 1.15. The number of rotatable bonds is 6. The number of aliphatic hydroxyl groups excluding tert-OH is 1. The average molecular weight is 217 g/mol. The number of methoxy groups -OCH3 is 1. The smallest absolute Gasteiger partial charge is 0.336 e. The molecule has 15 heavy (non-hydrogen) atoms. The third-order valence-corrected chi connectivity index (χ3v) is 2.11. The van der Waals surface area contributed by atoms with Crippen LogP contribution in [0.3, 0.4) is 0 Å². The SMILES string of the molecule is CCCC(C)C(=O)NCC(O)C(=O)OC. The first-order valence-electron chi connectivity index (χ1n) is 5.06. The summed E-state index contributed by atoms with van der Waals surface area (Å²) in [5.41, 5.74) is 0. The summed E-state index contributed by atoms with van der Waals surface area (Å²) in [5, 5.41) is 11.7. The standard InChI is InChI=1S/C10H19NO4/c1-4-5-7(2)9(13)11-6-8(12)10(14)15-3/h7-8,12H,4-6H2,1-3H3,(H,11,13). The molecule has 0 aromatic rings. The Balaban J connectivity index is 3.84. The van der Waals surface area contributed by atoms with E-state index in [4.69, 9.17) is 0 Å². The molecule has 0 bridgehead atoms. The topological polar surface area (TPSA) is 75.6 Å². The molecule has 0 aliphatic carbocycles. The molecular weight excluding hydrogens is 198 g/mol. The summed E-state index contributed by atoms with van der Waals surface area (Å²) in [4.78, 5) is 22.2. The quantitative estimate of drug-likeness (QED) is 0.617. The zero-order valence-electron chi connectivity index (χ0n) is 9.45. The number of esters is 1. The predicted octanol–water partition coefficient (Wildman–Crippen LogP) is 0.0727. The molecular formula is C10H19NO4. The van der Waals surface area contributed by atoms with E-state index in [0.29, 0.717) is 0 Å². The van der Waals surface area contributed by atoms with E-state index in [0.717, 1.165) is 12.8 Å². The minimum absolute atomic E-state index is 0.0974. The van der Waals surface area contributed by atoms with Crippen molar-refractivity contribution in [3.05, 3.63) is 0 Å². The zero-order valence-corrected chi connectivity index (χ0v) is 9.45. The van der Waals surface area contributed by atoms with E-state index in [-0.39, 0.29) is 18.4 Å². The predicted molar refractivity (Wildman–Crippen MR) is 55.1 cm³/mol. The Morgan fingerprint density at radius 1 is 1.47 bits per heavy atom. The highest BCUT2D eigenvalue weighted by Gasteiger charge is 2.18.